The van der Waals surface area contributed by atoms with E-state index in [4.69, 9.17) is 0 Å². The van der Waals surface area contributed by atoms with E-state index < -0.39 is 0 Å². The summed E-state index contributed by atoms with van der Waals surface area (Å²) in [7, 11) is 0. The average Bonchev–Trinajstić information content (AvgIpc) is 2.58. The molecule has 0 amide bonds. The van der Waals surface area contributed by atoms with Crippen LogP contribution >= 0.6 is 0 Å². The summed E-state index contributed by atoms with van der Waals surface area (Å²) in [6.07, 6.45) is 5.69. The standard InChI is InChI=1S/C12H13N/c1-2-3-9-13-10-8-11-6-4-5-7-12(11)13/h4,6-8H,2-3,9H2,1H3. The van der Waals surface area contributed by atoms with Crippen LogP contribution < -0.4 is 0 Å². The fourth-order valence-corrected chi connectivity index (χ4v) is 1.51. The minimum absolute atomic E-state index is 1.07. The Morgan fingerprint density at radius 2 is 2.31 bits per heavy atom. The van der Waals surface area contributed by atoms with Crippen LogP contribution in [0, 0.1) is 12.3 Å². The molecule has 1 aromatic heterocycles. The second kappa shape index (κ2) is 3.65. The normalized spacial score (nSPS) is 10.8. The van der Waals surface area contributed by atoms with Crippen LogP contribution in [-0.4, -0.2) is 4.57 Å². The molecule has 66 valence electrons. The maximum Gasteiger partial charge on any atom is 0.0659 e. The summed E-state index contributed by atoms with van der Waals surface area (Å²) < 4.78 is 2.18. The quantitative estimate of drug-likeness (QED) is 0.669. The van der Waals surface area contributed by atoms with Gasteiger partial charge in [-0.15, -0.1) is 0 Å². The van der Waals surface area contributed by atoms with Crippen molar-refractivity contribution in [2.24, 2.45) is 0 Å². The Morgan fingerprint density at radius 3 is 3.15 bits per heavy atom. The summed E-state index contributed by atoms with van der Waals surface area (Å²) in [6.45, 7) is 3.27. The SMILES string of the molecule is CCCCn1[c]cc2cc[c]cc21. The van der Waals surface area contributed by atoms with Gasteiger partial charge in [0.15, 0.2) is 0 Å². The highest BCUT2D eigenvalue weighted by Crippen LogP contribution is 2.14. The van der Waals surface area contributed by atoms with Crippen molar-refractivity contribution in [1.82, 2.24) is 4.57 Å². The molecule has 0 unspecified atom stereocenters. The maximum absolute atomic E-state index is 3.25. The van der Waals surface area contributed by atoms with Crippen LogP contribution in [0.5, 0.6) is 0 Å². The van der Waals surface area contributed by atoms with Gasteiger partial charge in [0.2, 0.25) is 0 Å². The molecule has 0 aliphatic heterocycles. The lowest BCUT2D eigenvalue weighted by Crippen LogP contribution is -1.94. The number of rotatable bonds is 3. The van der Waals surface area contributed by atoms with E-state index in [0.29, 0.717) is 0 Å². The van der Waals surface area contributed by atoms with E-state index >= 15 is 0 Å². The highest BCUT2D eigenvalue weighted by atomic mass is 14.9. The lowest BCUT2D eigenvalue weighted by Gasteiger charge is -2.02. The number of aromatic nitrogens is 1. The Bertz CT molecular complexity index is 387. The second-order valence-corrected chi connectivity index (χ2v) is 3.26. The van der Waals surface area contributed by atoms with Gasteiger partial charge in [-0.05, 0) is 24.6 Å². The zero-order valence-electron chi connectivity index (χ0n) is 7.88. The molecule has 0 aliphatic rings. The van der Waals surface area contributed by atoms with E-state index in [1.165, 1.54) is 23.7 Å². The van der Waals surface area contributed by atoms with Gasteiger partial charge in [-0.1, -0.05) is 25.5 Å². The molecule has 0 saturated carbocycles. The van der Waals surface area contributed by atoms with E-state index in [1.54, 1.807) is 0 Å². The van der Waals surface area contributed by atoms with Crippen molar-refractivity contribution in [2.45, 2.75) is 26.3 Å². The van der Waals surface area contributed by atoms with Crippen molar-refractivity contribution in [3.05, 3.63) is 36.5 Å². The summed E-state index contributed by atoms with van der Waals surface area (Å²) in [6, 6.07) is 11.2. The molecule has 1 heteroatoms. The number of nitrogens with zero attached hydrogens (tertiary/aromatic N) is 1. The van der Waals surface area contributed by atoms with Gasteiger partial charge in [-0.3, -0.25) is 0 Å². The highest BCUT2D eigenvalue weighted by molar-refractivity contribution is 5.79. The molecular formula is C12H13N. The highest BCUT2D eigenvalue weighted by Gasteiger charge is 1.98. The monoisotopic (exact) mass is 171 g/mol. The van der Waals surface area contributed by atoms with Gasteiger partial charge < -0.3 is 4.57 Å². The van der Waals surface area contributed by atoms with Gasteiger partial charge in [0, 0.05) is 17.4 Å². The third-order valence-corrected chi connectivity index (χ3v) is 2.28. The van der Waals surface area contributed by atoms with E-state index in [1.807, 2.05) is 18.2 Å². The number of hydrogen-bond donors (Lipinski definition) is 0. The fourth-order valence-electron chi connectivity index (χ4n) is 1.51. The molecule has 0 atom stereocenters. The van der Waals surface area contributed by atoms with Gasteiger partial charge in [0.1, 0.15) is 0 Å². The van der Waals surface area contributed by atoms with Crippen LogP contribution in [0.15, 0.2) is 24.3 Å². The Hall–Kier alpha value is -1.24. The van der Waals surface area contributed by atoms with Crippen molar-refractivity contribution >= 4 is 10.9 Å². The van der Waals surface area contributed by atoms with Gasteiger partial charge >= 0.3 is 0 Å². The molecule has 0 N–H and O–H groups in total. The Labute approximate surface area is 79.0 Å². The molecule has 0 aliphatic carbocycles. The third-order valence-electron chi connectivity index (χ3n) is 2.28. The van der Waals surface area contributed by atoms with E-state index in [2.05, 4.69) is 29.8 Å². The van der Waals surface area contributed by atoms with Crippen LogP contribution in [0.2, 0.25) is 0 Å². The first-order valence-electron chi connectivity index (χ1n) is 4.79. The molecular weight excluding hydrogens is 158 g/mol. The molecule has 0 saturated heterocycles. The summed E-state index contributed by atoms with van der Waals surface area (Å²) >= 11 is 0. The van der Waals surface area contributed by atoms with Crippen LogP contribution in [0.4, 0.5) is 0 Å². The topological polar surface area (TPSA) is 4.93 Å². The molecule has 1 heterocycles. The summed E-state index contributed by atoms with van der Waals surface area (Å²) in [4.78, 5) is 0. The lowest BCUT2D eigenvalue weighted by molar-refractivity contribution is 0.647. The predicted octanol–water partition coefficient (Wildman–Crippen LogP) is 3.04. The molecule has 0 spiro atoms. The summed E-state index contributed by atoms with van der Waals surface area (Å²) in [5.41, 5.74) is 1.25. The molecule has 13 heavy (non-hydrogen) atoms. The summed E-state index contributed by atoms with van der Waals surface area (Å²) in [5.74, 6) is 0. The largest absolute Gasteiger partial charge is 0.339 e. The fraction of sp³-hybridized carbons (Fsp3) is 0.333. The molecule has 0 bridgehead atoms. The van der Waals surface area contributed by atoms with Crippen LogP contribution in [0.25, 0.3) is 10.9 Å². The van der Waals surface area contributed by atoms with E-state index in [0.717, 1.165) is 6.54 Å². The number of benzene rings is 1. The lowest BCUT2D eigenvalue weighted by atomic mass is 10.2. The second-order valence-electron chi connectivity index (χ2n) is 3.26. The van der Waals surface area contributed by atoms with E-state index in [-0.39, 0.29) is 0 Å². The van der Waals surface area contributed by atoms with Gasteiger partial charge in [-0.25, -0.2) is 0 Å². The number of fused-ring (bicyclic) bond motifs is 1. The molecule has 2 aromatic rings. The van der Waals surface area contributed by atoms with Crippen molar-refractivity contribution in [3.63, 3.8) is 0 Å². The number of aryl methyl sites for hydroxylation is 1. The first kappa shape index (κ1) is 8.36. The van der Waals surface area contributed by atoms with E-state index in [9.17, 15) is 0 Å². The number of hydrogen-bond acceptors (Lipinski definition) is 0. The van der Waals surface area contributed by atoms with Crippen molar-refractivity contribution < 1.29 is 0 Å². The molecule has 1 nitrogen and oxygen atoms in total. The molecule has 1 aromatic carbocycles. The first-order valence-corrected chi connectivity index (χ1v) is 4.79. The maximum atomic E-state index is 3.25. The van der Waals surface area contributed by atoms with Gasteiger partial charge in [0.25, 0.3) is 0 Å². The minimum atomic E-state index is 1.07. The summed E-state index contributed by atoms with van der Waals surface area (Å²) in [5, 5.41) is 1.26. The Morgan fingerprint density at radius 1 is 1.38 bits per heavy atom. The van der Waals surface area contributed by atoms with Gasteiger partial charge in [-0.2, -0.15) is 0 Å². The Kier molecular flexibility index (Phi) is 2.35. The first-order chi connectivity index (χ1) is 6.42. The number of unbranched alkanes of at least 4 members (excludes halogenated alkanes) is 1. The Balaban J connectivity index is 2.35. The van der Waals surface area contributed by atoms with Gasteiger partial charge in [0.05, 0.1) is 6.20 Å². The van der Waals surface area contributed by atoms with Crippen LogP contribution in [0.1, 0.15) is 19.8 Å². The van der Waals surface area contributed by atoms with Crippen molar-refractivity contribution in [1.29, 1.82) is 0 Å². The average molecular weight is 171 g/mol. The zero-order chi connectivity index (χ0) is 9.10. The van der Waals surface area contributed by atoms with Crippen LogP contribution in [-0.2, 0) is 6.54 Å². The smallest absolute Gasteiger partial charge is 0.0659 e. The molecule has 0 fully saturated rings. The molecule has 2 radical (unpaired) electrons. The predicted molar refractivity (Wildman–Crippen MR) is 54.5 cm³/mol. The van der Waals surface area contributed by atoms with Crippen molar-refractivity contribution in [3.8, 4) is 0 Å². The van der Waals surface area contributed by atoms with Crippen LogP contribution in [0.3, 0.4) is 0 Å². The van der Waals surface area contributed by atoms with Crippen molar-refractivity contribution in [2.75, 3.05) is 0 Å². The third kappa shape index (κ3) is 1.59. The minimum Gasteiger partial charge on any atom is -0.339 e. The molecule has 2 rings (SSSR count). The zero-order valence-corrected chi connectivity index (χ0v) is 7.88.